The number of nitrogens with zero attached hydrogens (tertiary/aromatic N) is 3. The summed E-state index contributed by atoms with van der Waals surface area (Å²) in [7, 11) is 2.00. The van der Waals surface area contributed by atoms with Gasteiger partial charge in [-0.25, -0.2) is 9.13 Å². The van der Waals surface area contributed by atoms with Crippen molar-refractivity contribution in [3.63, 3.8) is 0 Å². The molecule has 0 radical (unpaired) electrons. The van der Waals surface area contributed by atoms with Crippen LogP contribution in [-0.4, -0.2) is 22.6 Å². The highest BCUT2D eigenvalue weighted by molar-refractivity contribution is 7.80. The average Bonchev–Trinajstić information content (AvgIpc) is 2.45. The number of hydrogen-bond donors (Lipinski definition) is 1. The summed E-state index contributed by atoms with van der Waals surface area (Å²) in [6.07, 6.45) is 4.08. The number of hydrogen-bond acceptors (Lipinski definition) is 2. The van der Waals surface area contributed by atoms with Crippen LogP contribution in [0.15, 0.2) is 17.6 Å². The molecule has 1 aromatic heterocycles. The minimum Gasteiger partial charge on any atom is -0.268 e. The second kappa shape index (κ2) is 4.67. The van der Waals surface area contributed by atoms with E-state index in [0.717, 1.165) is 24.9 Å². The Kier molecular flexibility index (Phi) is 3.81. The molecular weight excluding hydrogens is 182 g/mol. The van der Waals surface area contributed by atoms with E-state index in [1.165, 1.54) is 0 Å². The second-order valence-corrected chi connectivity index (χ2v) is 3.52. The molecule has 0 unspecified atom stereocenters. The first kappa shape index (κ1) is 10.6. The molecule has 0 amide bonds. The average molecular weight is 200 g/mol. The van der Waals surface area contributed by atoms with Gasteiger partial charge in [0.05, 0.1) is 7.05 Å². The quantitative estimate of drug-likeness (QED) is 0.562. The predicted molar refractivity (Wildman–Crippen MR) is 55.8 cm³/mol. The zero-order valence-corrected chi connectivity index (χ0v) is 9.46. The summed E-state index contributed by atoms with van der Waals surface area (Å²) in [5.74, 6) is 0. The van der Waals surface area contributed by atoms with Gasteiger partial charge in [0, 0.05) is 0 Å². The summed E-state index contributed by atoms with van der Waals surface area (Å²) >= 11 is 4.41. The van der Waals surface area contributed by atoms with Gasteiger partial charge in [-0.15, -0.1) is 0 Å². The zero-order chi connectivity index (χ0) is 9.84. The van der Waals surface area contributed by atoms with Crippen molar-refractivity contribution in [1.29, 1.82) is 0 Å². The normalized spacial score (nSPS) is 11.2. The molecule has 0 atom stereocenters. The van der Waals surface area contributed by atoms with Crippen molar-refractivity contribution in [2.45, 2.75) is 25.7 Å². The Morgan fingerprint density at radius 1 is 1.46 bits per heavy atom. The van der Waals surface area contributed by atoms with Gasteiger partial charge in [-0.1, -0.05) is 26.5 Å². The van der Waals surface area contributed by atoms with Gasteiger partial charge in [0.1, 0.15) is 19.1 Å². The van der Waals surface area contributed by atoms with E-state index < -0.39 is 0 Å². The lowest BCUT2D eigenvalue weighted by Crippen LogP contribution is -2.31. The van der Waals surface area contributed by atoms with E-state index in [9.17, 15) is 0 Å². The van der Waals surface area contributed by atoms with Crippen LogP contribution in [0.3, 0.4) is 0 Å². The number of aromatic nitrogens is 2. The van der Waals surface area contributed by atoms with Crippen molar-refractivity contribution < 1.29 is 4.57 Å². The van der Waals surface area contributed by atoms with Gasteiger partial charge >= 0.3 is 5.16 Å². The highest BCUT2D eigenvalue weighted by atomic mass is 32.1. The van der Waals surface area contributed by atoms with Gasteiger partial charge in [-0.3, -0.25) is 4.90 Å². The Morgan fingerprint density at radius 2 is 2.08 bits per heavy atom. The van der Waals surface area contributed by atoms with Crippen LogP contribution in [-0.2, 0) is 13.7 Å². The molecule has 0 spiro atoms. The molecule has 0 aliphatic carbocycles. The number of aryl methyl sites for hydroxylation is 1. The summed E-state index contributed by atoms with van der Waals surface area (Å²) in [6, 6.07) is 0. The van der Waals surface area contributed by atoms with Crippen molar-refractivity contribution in [2.75, 3.05) is 13.1 Å². The van der Waals surface area contributed by atoms with Crippen LogP contribution in [0, 0.1) is 0 Å². The lowest BCUT2D eigenvalue weighted by molar-refractivity contribution is -0.709. The fourth-order valence-corrected chi connectivity index (χ4v) is 1.46. The van der Waals surface area contributed by atoms with Crippen molar-refractivity contribution in [3.8, 4) is 0 Å². The highest BCUT2D eigenvalue weighted by Gasteiger charge is 2.11. The van der Waals surface area contributed by atoms with Crippen molar-refractivity contribution >= 4 is 12.6 Å². The van der Waals surface area contributed by atoms with E-state index in [4.69, 9.17) is 0 Å². The van der Waals surface area contributed by atoms with Crippen LogP contribution < -0.4 is 4.57 Å². The van der Waals surface area contributed by atoms with Crippen molar-refractivity contribution in [1.82, 2.24) is 9.47 Å². The van der Waals surface area contributed by atoms with Gasteiger partial charge in [0.25, 0.3) is 0 Å². The van der Waals surface area contributed by atoms with E-state index in [1.54, 1.807) is 0 Å². The molecular formula is C9H18N3S+. The molecule has 1 heterocycles. The maximum Gasteiger partial charge on any atom is 0.315 e. The monoisotopic (exact) mass is 200 g/mol. The van der Waals surface area contributed by atoms with Gasteiger partial charge in [-0.05, 0) is 13.1 Å². The van der Waals surface area contributed by atoms with E-state index >= 15 is 0 Å². The maximum atomic E-state index is 4.41. The summed E-state index contributed by atoms with van der Waals surface area (Å²) in [5, 5.41) is 0.993. The van der Waals surface area contributed by atoms with Gasteiger partial charge in [0.2, 0.25) is 0 Å². The topological polar surface area (TPSA) is 12.1 Å². The standard InChI is InChI=1S/C9H17N3S/c1-4-11(5-2)8-12-7-6-10(3)9(12)13/h6-7H,4-5,8H2,1-3H3/p+1. The Hall–Kier alpha value is -0.480. The summed E-state index contributed by atoms with van der Waals surface area (Å²) < 4.78 is 4.14. The van der Waals surface area contributed by atoms with Crippen LogP contribution in [0.2, 0.25) is 0 Å². The van der Waals surface area contributed by atoms with Crippen LogP contribution in [0.25, 0.3) is 0 Å². The molecule has 0 saturated heterocycles. The van der Waals surface area contributed by atoms with E-state index in [2.05, 4.69) is 42.1 Å². The lowest BCUT2D eigenvalue weighted by atomic mass is 10.5. The Morgan fingerprint density at radius 3 is 2.46 bits per heavy atom. The van der Waals surface area contributed by atoms with Crippen LogP contribution in [0.1, 0.15) is 13.8 Å². The molecule has 0 aliphatic heterocycles. The molecule has 0 aliphatic rings. The zero-order valence-electron chi connectivity index (χ0n) is 8.56. The molecule has 3 nitrogen and oxygen atoms in total. The molecule has 13 heavy (non-hydrogen) atoms. The highest BCUT2D eigenvalue weighted by Crippen LogP contribution is 2.01. The summed E-state index contributed by atoms with van der Waals surface area (Å²) in [4.78, 5) is 2.35. The lowest BCUT2D eigenvalue weighted by Gasteiger charge is -2.15. The fourth-order valence-electron chi connectivity index (χ4n) is 1.27. The third-order valence-electron chi connectivity index (χ3n) is 2.29. The number of imidazole rings is 1. The third-order valence-corrected chi connectivity index (χ3v) is 2.86. The van der Waals surface area contributed by atoms with Crippen LogP contribution in [0.4, 0.5) is 0 Å². The predicted octanol–water partition coefficient (Wildman–Crippen LogP) is 0.901. The molecule has 0 aromatic carbocycles. The van der Waals surface area contributed by atoms with Crippen molar-refractivity contribution in [2.24, 2.45) is 7.05 Å². The van der Waals surface area contributed by atoms with Crippen molar-refractivity contribution in [3.05, 3.63) is 12.4 Å². The smallest absolute Gasteiger partial charge is 0.268 e. The molecule has 74 valence electrons. The Balaban J connectivity index is 2.67. The third kappa shape index (κ3) is 2.48. The first-order valence-electron chi connectivity index (χ1n) is 4.65. The number of rotatable bonds is 4. The van der Waals surface area contributed by atoms with E-state index in [-0.39, 0.29) is 0 Å². The molecule has 0 N–H and O–H groups in total. The first-order chi connectivity index (χ1) is 6.19. The number of thiol groups is 1. The first-order valence-corrected chi connectivity index (χ1v) is 5.09. The van der Waals surface area contributed by atoms with Gasteiger partial charge in [-0.2, -0.15) is 0 Å². The van der Waals surface area contributed by atoms with E-state index in [1.807, 2.05) is 17.8 Å². The summed E-state index contributed by atoms with van der Waals surface area (Å²) in [5.41, 5.74) is 0. The Bertz CT molecular complexity index is 266. The van der Waals surface area contributed by atoms with Gasteiger partial charge < -0.3 is 0 Å². The molecule has 4 heteroatoms. The SMILES string of the molecule is CCN(CC)Cn1cc[n+](C)c1S. The maximum absolute atomic E-state index is 4.41. The fraction of sp³-hybridized carbons (Fsp3) is 0.667. The van der Waals surface area contributed by atoms with E-state index in [0.29, 0.717) is 0 Å². The molecule has 1 aromatic rings. The van der Waals surface area contributed by atoms with Crippen LogP contribution >= 0.6 is 12.6 Å². The van der Waals surface area contributed by atoms with Gasteiger partial charge in [0.15, 0.2) is 0 Å². The second-order valence-electron chi connectivity index (χ2n) is 3.12. The molecule has 0 bridgehead atoms. The van der Waals surface area contributed by atoms with Crippen LogP contribution in [0.5, 0.6) is 0 Å². The molecule has 0 fully saturated rings. The minimum absolute atomic E-state index is 0.923. The Labute approximate surface area is 85.4 Å². The minimum atomic E-state index is 0.923. The summed E-state index contributed by atoms with van der Waals surface area (Å²) in [6.45, 7) is 7.42. The largest absolute Gasteiger partial charge is 0.315 e. The molecule has 1 rings (SSSR count). The molecule has 0 saturated carbocycles.